The summed E-state index contributed by atoms with van der Waals surface area (Å²) in [4.78, 5) is 24.5. The van der Waals surface area contributed by atoms with E-state index in [9.17, 15) is 14.9 Å². The number of rotatable bonds is 6. The molecule has 0 radical (unpaired) electrons. The quantitative estimate of drug-likeness (QED) is 0.340. The molecule has 0 spiro atoms. The van der Waals surface area contributed by atoms with Crippen molar-refractivity contribution in [1.82, 2.24) is 4.98 Å². The molecule has 0 saturated heterocycles. The van der Waals surface area contributed by atoms with Crippen LogP contribution in [-0.2, 0) is 4.74 Å². The molecular formula is C10H11ClN2O4S2. The first-order valence-electron chi connectivity index (χ1n) is 5.20. The molecule has 104 valence electrons. The predicted octanol–water partition coefficient (Wildman–Crippen LogP) is 3.88. The van der Waals surface area contributed by atoms with E-state index in [1.165, 1.54) is 33.9 Å². The molecule has 1 heterocycles. The molecule has 1 aromatic rings. The topological polar surface area (TPSA) is 82.3 Å². The van der Waals surface area contributed by atoms with E-state index < -0.39 is 10.4 Å². The summed E-state index contributed by atoms with van der Waals surface area (Å²) in [5, 5.41) is 11.1. The molecular weight excluding hydrogens is 312 g/mol. The fraction of sp³-hybridized carbons (Fsp3) is 0.400. The largest absolute Gasteiger partial charge is 0.449 e. The fourth-order valence-corrected chi connectivity index (χ4v) is 3.31. The van der Waals surface area contributed by atoms with Crippen molar-refractivity contribution in [3.63, 3.8) is 0 Å². The van der Waals surface area contributed by atoms with Gasteiger partial charge in [0.05, 0.1) is 4.92 Å². The zero-order valence-corrected chi connectivity index (χ0v) is 12.5. The van der Waals surface area contributed by atoms with E-state index in [1.54, 1.807) is 13.0 Å². The summed E-state index contributed by atoms with van der Waals surface area (Å²) in [6.07, 6.45) is 0.871. The number of nitrogens with zero attached hydrogens (tertiary/aromatic N) is 2. The SMILES string of the molecule is CC(OC(=O)Cl)C(C)SSc1ccc([N+](=O)[O-])cn1. The molecule has 2 unspecified atom stereocenters. The summed E-state index contributed by atoms with van der Waals surface area (Å²) in [6.45, 7) is 3.62. The average Bonchev–Trinajstić information content (AvgIpc) is 2.35. The summed E-state index contributed by atoms with van der Waals surface area (Å²) in [7, 11) is 2.80. The highest BCUT2D eigenvalue weighted by Crippen LogP contribution is 2.35. The van der Waals surface area contributed by atoms with Gasteiger partial charge in [-0.15, -0.1) is 0 Å². The highest BCUT2D eigenvalue weighted by Gasteiger charge is 2.17. The summed E-state index contributed by atoms with van der Waals surface area (Å²) >= 11 is 5.13. The van der Waals surface area contributed by atoms with E-state index in [2.05, 4.69) is 4.98 Å². The molecule has 0 aliphatic carbocycles. The second-order valence-electron chi connectivity index (χ2n) is 3.56. The smallest absolute Gasteiger partial charge is 0.404 e. The Labute approximate surface area is 122 Å². The Morgan fingerprint density at radius 3 is 2.68 bits per heavy atom. The highest BCUT2D eigenvalue weighted by molar-refractivity contribution is 8.76. The predicted molar refractivity (Wildman–Crippen MR) is 75.6 cm³/mol. The first-order chi connectivity index (χ1) is 8.90. The third kappa shape index (κ3) is 5.66. The van der Waals surface area contributed by atoms with Crippen LogP contribution >= 0.6 is 33.2 Å². The molecule has 0 aliphatic rings. The molecule has 0 aliphatic heterocycles. The van der Waals surface area contributed by atoms with E-state index in [0.29, 0.717) is 5.03 Å². The van der Waals surface area contributed by atoms with Gasteiger partial charge in [-0.3, -0.25) is 10.1 Å². The molecule has 2 atom stereocenters. The minimum atomic E-state index is -0.835. The highest BCUT2D eigenvalue weighted by atomic mass is 35.5. The lowest BCUT2D eigenvalue weighted by Crippen LogP contribution is -2.20. The van der Waals surface area contributed by atoms with Crippen LogP contribution in [0, 0.1) is 10.1 Å². The molecule has 0 amide bonds. The van der Waals surface area contributed by atoms with Crippen molar-refractivity contribution in [2.24, 2.45) is 0 Å². The summed E-state index contributed by atoms with van der Waals surface area (Å²) in [6, 6.07) is 2.96. The summed E-state index contributed by atoms with van der Waals surface area (Å²) < 4.78 is 4.83. The lowest BCUT2D eigenvalue weighted by atomic mass is 10.3. The molecule has 0 aromatic carbocycles. The number of pyridine rings is 1. The Kier molecular flexibility index (Phi) is 6.40. The number of halogens is 1. The van der Waals surface area contributed by atoms with Gasteiger partial charge >= 0.3 is 5.43 Å². The van der Waals surface area contributed by atoms with E-state index >= 15 is 0 Å². The number of carbonyl (C=O) groups excluding carboxylic acids is 1. The van der Waals surface area contributed by atoms with E-state index in [0.717, 1.165) is 0 Å². The fourth-order valence-electron chi connectivity index (χ4n) is 0.975. The van der Waals surface area contributed by atoms with Crippen molar-refractivity contribution in [3.8, 4) is 0 Å². The minimum absolute atomic E-state index is 0.00434. The van der Waals surface area contributed by atoms with Crippen LogP contribution in [-0.4, -0.2) is 26.7 Å². The lowest BCUT2D eigenvalue weighted by molar-refractivity contribution is -0.385. The van der Waals surface area contributed by atoms with Gasteiger partial charge in [0.15, 0.2) is 0 Å². The van der Waals surface area contributed by atoms with Gasteiger partial charge in [0.1, 0.15) is 17.3 Å². The maximum absolute atomic E-state index is 10.6. The summed E-state index contributed by atoms with van der Waals surface area (Å²) in [5.41, 5.74) is -0.884. The van der Waals surface area contributed by atoms with Crippen molar-refractivity contribution < 1.29 is 14.5 Å². The maximum Gasteiger partial charge on any atom is 0.404 e. The van der Waals surface area contributed by atoms with Crippen LogP contribution in [0.5, 0.6) is 0 Å². The minimum Gasteiger partial charge on any atom is -0.449 e. The van der Waals surface area contributed by atoms with Crippen molar-refractivity contribution in [2.45, 2.75) is 30.2 Å². The molecule has 0 fully saturated rings. The van der Waals surface area contributed by atoms with Crippen LogP contribution < -0.4 is 0 Å². The van der Waals surface area contributed by atoms with Crippen molar-refractivity contribution in [2.75, 3.05) is 0 Å². The Morgan fingerprint density at radius 1 is 1.53 bits per heavy atom. The van der Waals surface area contributed by atoms with E-state index in [-0.39, 0.29) is 17.0 Å². The first-order valence-corrected chi connectivity index (χ1v) is 7.79. The Hall–Kier alpha value is -0.990. The van der Waals surface area contributed by atoms with E-state index in [1.807, 2.05) is 6.92 Å². The van der Waals surface area contributed by atoms with Crippen LogP contribution in [0.3, 0.4) is 0 Å². The van der Waals surface area contributed by atoms with Crippen LogP contribution in [0.4, 0.5) is 10.5 Å². The number of ether oxygens (including phenoxy) is 1. The van der Waals surface area contributed by atoms with E-state index in [4.69, 9.17) is 16.3 Å². The molecule has 1 rings (SSSR count). The van der Waals surface area contributed by atoms with Crippen LogP contribution in [0.15, 0.2) is 23.4 Å². The number of nitro groups is 1. The molecule has 0 N–H and O–H groups in total. The van der Waals surface area contributed by atoms with Crippen molar-refractivity contribution in [1.29, 1.82) is 0 Å². The van der Waals surface area contributed by atoms with Crippen LogP contribution in [0.1, 0.15) is 13.8 Å². The Bertz CT molecular complexity index is 457. The van der Waals surface area contributed by atoms with Crippen molar-refractivity contribution in [3.05, 3.63) is 28.4 Å². The van der Waals surface area contributed by atoms with Gasteiger partial charge in [-0.1, -0.05) is 10.8 Å². The average molecular weight is 323 g/mol. The first kappa shape index (κ1) is 16.1. The second-order valence-corrected chi connectivity index (χ2v) is 6.46. The third-order valence-electron chi connectivity index (χ3n) is 2.16. The molecule has 1 aromatic heterocycles. The van der Waals surface area contributed by atoms with Gasteiger partial charge in [0.25, 0.3) is 5.69 Å². The molecule has 0 bridgehead atoms. The van der Waals surface area contributed by atoms with Gasteiger partial charge in [0.2, 0.25) is 0 Å². The van der Waals surface area contributed by atoms with Crippen molar-refractivity contribution >= 4 is 44.3 Å². The van der Waals surface area contributed by atoms with Gasteiger partial charge in [-0.25, -0.2) is 9.78 Å². The molecule has 9 heteroatoms. The van der Waals surface area contributed by atoms with Gasteiger partial charge in [-0.2, -0.15) is 0 Å². The summed E-state index contributed by atoms with van der Waals surface area (Å²) in [5.74, 6) is 0. The van der Waals surface area contributed by atoms with Gasteiger partial charge in [0, 0.05) is 22.9 Å². The number of carbonyl (C=O) groups is 1. The zero-order valence-electron chi connectivity index (χ0n) is 10.1. The van der Waals surface area contributed by atoms with Crippen LogP contribution in [0.2, 0.25) is 0 Å². The monoisotopic (exact) mass is 322 g/mol. The normalized spacial score (nSPS) is 13.6. The van der Waals surface area contributed by atoms with Crippen LogP contribution in [0.25, 0.3) is 0 Å². The Morgan fingerprint density at radius 2 is 2.21 bits per heavy atom. The maximum atomic E-state index is 10.6. The zero-order chi connectivity index (χ0) is 14.4. The number of aromatic nitrogens is 1. The third-order valence-corrected chi connectivity index (χ3v) is 5.15. The van der Waals surface area contributed by atoms with Gasteiger partial charge in [-0.05, 0) is 30.7 Å². The Balaban J connectivity index is 2.47. The standard InChI is InChI=1S/C10H11ClN2O4S2/c1-6(17-10(11)14)7(2)18-19-9-4-3-8(5-12-9)13(15)16/h3-7H,1-2H3. The molecule has 19 heavy (non-hydrogen) atoms. The number of hydrogen-bond acceptors (Lipinski definition) is 7. The lowest BCUT2D eigenvalue weighted by Gasteiger charge is -2.17. The molecule has 6 nitrogen and oxygen atoms in total. The van der Waals surface area contributed by atoms with Gasteiger partial charge < -0.3 is 4.74 Å². The second kappa shape index (κ2) is 7.56. The molecule has 0 saturated carbocycles. The number of hydrogen-bond donors (Lipinski definition) is 0.